The van der Waals surface area contributed by atoms with Crippen LogP contribution in [0.4, 0.5) is 0 Å². The zero-order chi connectivity index (χ0) is 30.6. The highest BCUT2D eigenvalue weighted by molar-refractivity contribution is 5.69. The van der Waals surface area contributed by atoms with E-state index in [1.54, 1.807) is 7.11 Å². The van der Waals surface area contributed by atoms with Crippen molar-refractivity contribution in [3.8, 4) is 0 Å². The van der Waals surface area contributed by atoms with Crippen molar-refractivity contribution in [2.24, 2.45) is 56.7 Å². The molecule has 6 aliphatic rings. The molecule has 0 spiro atoms. The lowest BCUT2D eigenvalue weighted by Gasteiger charge is -2.68. The first-order valence-electron chi connectivity index (χ1n) is 17.0. The van der Waals surface area contributed by atoms with E-state index >= 15 is 0 Å². The minimum atomic E-state index is -0.663. The molecule has 13 atom stereocenters. The minimum absolute atomic E-state index is 0.0764. The van der Waals surface area contributed by atoms with Gasteiger partial charge in [-0.2, -0.15) is 0 Å². The highest BCUT2D eigenvalue weighted by Crippen LogP contribution is 2.91. The van der Waals surface area contributed by atoms with E-state index in [0.29, 0.717) is 30.1 Å². The largest absolute Gasteiger partial charge is 0.462 e. The Morgan fingerprint density at radius 3 is 2.40 bits per heavy atom. The van der Waals surface area contributed by atoms with E-state index in [9.17, 15) is 15.0 Å². The Labute approximate surface area is 254 Å². The summed E-state index contributed by atoms with van der Waals surface area (Å²) in [6.07, 6.45) is 8.24. The van der Waals surface area contributed by atoms with E-state index in [2.05, 4.69) is 48.1 Å². The maximum Gasteiger partial charge on any atom is 0.306 e. The van der Waals surface area contributed by atoms with Crippen LogP contribution in [0.5, 0.6) is 0 Å². The number of esters is 1. The second kappa shape index (κ2) is 10.0. The van der Waals surface area contributed by atoms with Gasteiger partial charge in [-0.3, -0.25) is 4.79 Å². The molecule has 1 heterocycles. The highest BCUT2D eigenvalue weighted by Gasteiger charge is 2.85. The molecule has 6 rings (SSSR count). The summed E-state index contributed by atoms with van der Waals surface area (Å²) < 4.78 is 18.4. The fraction of sp³-hybridized carbons (Fsp3) is 0.917. The van der Waals surface area contributed by atoms with Crippen molar-refractivity contribution in [1.82, 2.24) is 0 Å². The Hall–Kier alpha value is -0.950. The number of hydrogen-bond acceptors (Lipinski definition) is 6. The van der Waals surface area contributed by atoms with Crippen LogP contribution in [0.15, 0.2) is 12.2 Å². The number of fused-ring (bicyclic) bond motifs is 3. The number of carbonyl (C=O) groups is 1. The maximum atomic E-state index is 12.7. The third kappa shape index (κ3) is 3.99. The molecule has 6 nitrogen and oxygen atoms in total. The molecule has 42 heavy (non-hydrogen) atoms. The van der Waals surface area contributed by atoms with Gasteiger partial charge in [0.2, 0.25) is 0 Å². The molecule has 0 aromatic heterocycles. The summed E-state index contributed by atoms with van der Waals surface area (Å²) in [7, 11) is 1.74. The number of aliphatic hydroxyl groups is 2. The first-order valence-corrected chi connectivity index (χ1v) is 17.0. The van der Waals surface area contributed by atoms with Gasteiger partial charge in [0.25, 0.3) is 0 Å². The molecule has 6 fully saturated rings. The fourth-order valence-corrected chi connectivity index (χ4v) is 12.8. The Balaban J connectivity index is 1.26. The van der Waals surface area contributed by atoms with Crippen molar-refractivity contribution in [3.05, 3.63) is 12.2 Å². The van der Waals surface area contributed by atoms with E-state index in [1.807, 2.05) is 6.92 Å². The van der Waals surface area contributed by atoms with E-state index < -0.39 is 6.10 Å². The first-order chi connectivity index (χ1) is 19.6. The summed E-state index contributed by atoms with van der Waals surface area (Å²) in [4.78, 5) is 12.7. The van der Waals surface area contributed by atoms with Gasteiger partial charge < -0.3 is 24.4 Å². The number of carbonyl (C=O) groups excluding carboxylic acids is 1. The number of hydrogen-bond donors (Lipinski definition) is 2. The van der Waals surface area contributed by atoms with Crippen LogP contribution >= 0.6 is 0 Å². The van der Waals surface area contributed by atoms with Crippen molar-refractivity contribution < 1.29 is 29.2 Å². The van der Waals surface area contributed by atoms with Gasteiger partial charge >= 0.3 is 5.97 Å². The van der Waals surface area contributed by atoms with Crippen LogP contribution in [-0.4, -0.2) is 54.0 Å². The molecular formula is C36H58O6. The Bertz CT molecular complexity index is 1100. The van der Waals surface area contributed by atoms with Crippen molar-refractivity contribution in [2.75, 3.05) is 7.11 Å². The van der Waals surface area contributed by atoms with Crippen LogP contribution in [0.2, 0.25) is 0 Å². The first kappa shape index (κ1) is 31.0. The average Bonchev–Trinajstić information content (AvgIpc) is 3.23. The molecule has 0 radical (unpaired) electrons. The molecule has 238 valence electrons. The monoisotopic (exact) mass is 586 g/mol. The zero-order valence-electron chi connectivity index (χ0n) is 27.6. The maximum absolute atomic E-state index is 12.7. The lowest BCUT2D eigenvalue weighted by Crippen LogP contribution is -2.66. The van der Waals surface area contributed by atoms with Crippen molar-refractivity contribution in [1.29, 1.82) is 0 Å². The number of ether oxygens (including phenoxy) is 3. The van der Waals surface area contributed by atoms with Crippen LogP contribution in [0.25, 0.3) is 0 Å². The van der Waals surface area contributed by atoms with Crippen LogP contribution in [0.3, 0.4) is 0 Å². The molecule has 1 aliphatic heterocycles. The van der Waals surface area contributed by atoms with Crippen LogP contribution in [0.1, 0.15) is 113 Å². The van der Waals surface area contributed by atoms with Gasteiger partial charge in [0, 0.05) is 30.3 Å². The lowest BCUT2D eigenvalue weighted by atomic mass is 9.37. The minimum Gasteiger partial charge on any atom is -0.462 e. The highest BCUT2D eigenvalue weighted by atomic mass is 16.7. The second-order valence-corrected chi connectivity index (χ2v) is 17.1. The quantitative estimate of drug-likeness (QED) is 0.256. The molecule has 0 aromatic rings. The van der Waals surface area contributed by atoms with Crippen LogP contribution in [0, 0.1) is 56.7 Å². The fourth-order valence-electron chi connectivity index (χ4n) is 12.8. The number of rotatable bonds is 7. The topological polar surface area (TPSA) is 85.2 Å². The Kier molecular flexibility index (Phi) is 7.41. The third-order valence-electron chi connectivity index (χ3n) is 14.7. The standard InChI is InChI=1S/C36H58O6/c1-20(2)16-29(38)42-28-12-13-33(7)25-11-14-35-19-36(35,34(25,8)27(37)18-26(33)32(28,5)6)15-10-23(35)22-17-24(30(39)21(3)4)41-31(22)40-9/h20,22-28,30-31,37,39H,3,10-19H2,1-2,4-9H3. The Morgan fingerprint density at radius 1 is 1.05 bits per heavy atom. The normalized spacial score (nSPS) is 51.2. The summed E-state index contributed by atoms with van der Waals surface area (Å²) >= 11 is 0. The van der Waals surface area contributed by atoms with Gasteiger partial charge in [0.1, 0.15) is 12.2 Å². The molecule has 13 unspecified atom stereocenters. The SMILES string of the molecule is C=C(C)C(O)C1CC(C2CCC34CC23CCC2C3(C)CCC(OC(=O)CC(C)C)C(C)(C)C3CC(O)C24C)C(OC)O1. The van der Waals surface area contributed by atoms with Gasteiger partial charge in [-0.25, -0.2) is 0 Å². The summed E-state index contributed by atoms with van der Waals surface area (Å²) in [5.74, 6) is 1.74. The molecule has 0 amide bonds. The molecule has 1 saturated heterocycles. The average molecular weight is 587 g/mol. The third-order valence-corrected chi connectivity index (χ3v) is 14.7. The zero-order valence-corrected chi connectivity index (χ0v) is 27.6. The molecule has 2 N–H and O–H groups in total. The van der Waals surface area contributed by atoms with Gasteiger partial charge in [-0.05, 0) is 110 Å². The van der Waals surface area contributed by atoms with Crippen LogP contribution < -0.4 is 0 Å². The summed E-state index contributed by atoms with van der Waals surface area (Å²) in [5.41, 5.74) is 0.949. The van der Waals surface area contributed by atoms with E-state index in [1.165, 1.54) is 19.3 Å². The molecule has 6 heteroatoms. The molecule has 0 aromatic carbocycles. The van der Waals surface area contributed by atoms with Gasteiger partial charge in [0.05, 0.1) is 12.2 Å². The van der Waals surface area contributed by atoms with Gasteiger partial charge in [0.15, 0.2) is 6.29 Å². The van der Waals surface area contributed by atoms with Crippen LogP contribution in [-0.2, 0) is 19.0 Å². The summed E-state index contributed by atoms with van der Waals surface area (Å²) in [6, 6.07) is 0. The predicted molar refractivity (Wildman–Crippen MR) is 162 cm³/mol. The predicted octanol–water partition coefficient (Wildman–Crippen LogP) is 6.67. The van der Waals surface area contributed by atoms with Gasteiger partial charge in [-0.15, -0.1) is 0 Å². The van der Waals surface area contributed by atoms with Gasteiger partial charge in [-0.1, -0.05) is 48.1 Å². The number of methoxy groups -OCH3 is 1. The van der Waals surface area contributed by atoms with E-state index in [4.69, 9.17) is 14.2 Å². The van der Waals surface area contributed by atoms with Crippen molar-refractivity contribution in [3.63, 3.8) is 0 Å². The summed E-state index contributed by atoms with van der Waals surface area (Å²) in [5, 5.41) is 23.1. The smallest absolute Gasteiger partial charge is 0.306 e. The van der Waals surface area contributed by atoms with E-state index in [-0.39, 0.29) is 63.6 Å². The van der Waals surface area contributed by atoms with Crippen molar-refractivity contribution >= 4 is 5.97 Å². The van der Waals surface area contributed by atoms with Crippen molar-refractivity contribution in [2.45, 2.75) is 143 Å². The summed E-state index contributed by atoms with van der Waals surface area (Å²) in [6.45, 7) is 19.6. The molecule has 5 aliphatic carbocycles. The van der Waals surface area contributed by atoms with E-state index in [0.717, 1.165) is 44.1 Å². The molecule has 5 saturated carbocycles. The Morgan fingerprint density at radius 2 is 1.76 bits per heavy atom. The molecular weight excluding hydrogens is 528 g/mol. The lowest BCUT2D eigenvalue weighted by molar-refractivity contribution is -0.246. The second-order valence-electron chi connectivity index (χ2n) is 17.1. The molecule has 0 bridgehead atoms. The number of aliphatic hydroxyl groups excluding tert-OH is 2.